The van der Waals surface area contributed by atoms with E-state index in [9.17, 15) is 4.39 Å². The van der Waals surface area contributed by atoms with E-state index in [2.05, 4.69) is 20.1 Å². The number of fused-ring (bicyclic) bond motifs is 1. The van der Waals surface area contributed by atoms with Crippen LogP contribution in [0.2, 0.25) is 0 Å². The summed E-state index contributed by atoms with van der Waals surface area (Å²) in [5, 5.41) is 4.74. The quantitative estimate of drug-likeness (QED) is 0.629. The molecule has 1 aromatic carbocycles. The predicted octanol–water partition coefficient (Wildman–Crippen LogP) is 3.34. The van der Waals surface area contributed by atoms with E-state index in [0.29, 0.717) is 23.8 Å². The number of rotatable bonds is 3. The highest BCUT2D eigenvalue weighted by Gasteiger charge is 2.12. The summed E-state index contributed by atoms with van der Waals surface area (Å²) in [6, 6.07) is 10.2. The maximum absolute atomic E-state index is 13.2. The van der Waals surface area contributed by atoms with Crippen molar-refractivity contribution >= 4 is 10.9 Å². The Balaban J connectivity index is 1.65. The minimum absolute atomic E-state index is 0.276. The molecule has 0 saturated carbocycles. The Labute approximate surface area is 124 Å². The second-order valence-corrected chi connectivity index (χ2v) is 4.96. The molecule has 3 heterocycles. The zero-order valence-corrected chi connectivity index (χ0v) is 11.5. The average molecular weight is 294 g/mol. The van der Waals surface area contributed by atoms with Crippen LogP contribution in [0.5, 0.6) is 0 Å². The van der Waals surface area contributed by atoms with Crippen LogP contribution in [0.3, 0.4) is 0 Å². The molecule has 6 heteroatoms. The second-order valence-electron chi connectivity index (χ2n) is 4.96. The molecule has 0 bridgehead atoms. The van der Waals surface area contributed by atoms with Gasteiger partial charge in [0.05, 0.1) is 0 Å². The number of hydrogen-bond donors (Lipinski definition) is 1. The van der Waals surface area contributed by atoms with Crippen molar-refractivity contribution in [2.45, 2.75) is 6.42 Å². The Morgan fingerprint density at radius 1 is 1.09 bits per heavy atom. The van der Waals surface area contributed by atoms with Gasteiger partial charge in [0.15, 0.2) is 5.82 Å². The molecule has 0 radical (unpaired) electrons. The summed E-state index contributed by atoms with van der Waals surface area (Å²) in [5.74, 6) is 0.702. The Morgan fingerprint density at radius 3 is 2.82 bits per heavy atom. The van der Waals surface area contributed by atoms with Gasteiger partial charge in [0.2, 0.25) is 0 Å². The topological polar surface area (TPSA) is 67.6 Å². The van der Waals surface area contributed by atoms with Crippen molar-refractivity contribution in [1.82, 2.24) is 20.1 Å². The summed E-state index contributed by atoms with van der Waals surface area (Å²) in [6.45, 7) is 0. The predicted molar refractivity (Wildman–Crippen MR) is 78.6 cm³/mol. The van der Waals surface area contributed by atoms with Gasteiger partial charge in [0.25, 0.3) is 5.89 Å². The molecule has 4 rings (SSSR count). The number of H-pyrrole nitrogens is 1. The van der Waals surface area contributed by atoms with Crippen LogP contribution in [0.15, 0.2) is 53.3 Å². The summed E-state index contributed by atoms with van der Waals surface area (Å²) in [6.07, 6.45) is 4.02. The van der Waals surface area contributed by atoms with E-state index in [1.165, 1.54) is 12.1 Å². The average Bonchev–Trinajstić information content (AvgIpc) is 3.14. The number of hydrogen-bond acceptors (Lipinski definition) is 4. The number of aromatic nitrogens is 4. The van der Waals surface area contributed by atoms with Crippen molar-refractivity contribution in [3.05, 3.63) is 66.0 Å². The largest absolute Gasteiger partial charge is 0.351 e. The summed E-state index contributed by atoms with van der Waals surface area (Å²) in [4.78, 5) is 11.5. The smallest absolute Gasteiger partial charge is 0.274 e. The third-order valence-corrected chi connectivity index (χ3v) is 3.39. The molecule has 5 nitrogen and oxygen atoms in total. The molecule has 0 fully saturated rings. The highest BCUT2D eigenvalue weighted by atomic mass is 19.1. The first kappa shape index (κ1) is 12.7. The third kappa shape index (κ3) is 2.35. The third-order valence-electron chi connectivity index (χ3n) is 3.39. The SMILES string of the molecule is Fc1ccc2[nH]c(-c3nc(Cc4ccncc4)no3)cc2c1. The lowest BCUT2D eigenvalue weighted by molar-refractivity contribution is 0.423. The summed E-state index contributed by atoms with van der Waals surface area (Å²) in [7, 11) is 0. The zero-order chi connectivity index (χ0) is 14.9. The van der Waals surface area contributed by atoms with Crippen LogP contribution >= 0.6 is 0 Å². The van der Waals surface area contributed by atoms with E-state index < -0.39 is 0 Å². The van der Waals surface area contributed by atoms with Crippen molar-refractivity contribution in [2.24, 2.45) is 0 Å². The van der Waals surface area contributed by atoms with Gasteiger partial charge < -0.3 is 9.51 Å². The minimum Gasteiger partial charge on any atom is -0.351 e. The normalized spacial score (nSPS) is 11.1. The molecule has 1 N–H and O–H groups in total. The first-order valence-corrected chi connectivity index (χ1v) is 6.78. The first-order chi connectivity index (χ1) is 10.8. The zero-order valence-electron chi connectivity index (χ0n) is 11.5. The Kier molecular flexibility index (Phi) is 2.93. The van der Waals surface area contributed by atoms with Crippen LogP contribution in [0, 0.1) is 5.82 Å². The van der Waals surface area contributed by atoms with Crippen LogP contribution in [-0.2, 0) is 6.42 Å². The molecule has 0 amide bonds. The van der Waals surface area contributed by atoms with Gasteiger partial charge in [-0.25, -0.2) is 4.39 Å². The van der Waals surface area contributed by atoms with Crippen molar-refractivity contribution in [2.75, 3.05) is 0 Å². The number of halogens is 1. The van der Waals surface area contributed by atoms with E-state index in [1.807, 2.05) is 12.1 Å². The molecular formula is C16H11FN4O. The standard InChI is InChI=1S/C16H11FN4O/c17-12-1-2-13-11(8-12)9-14(19-13)16-20-15(21-22-16)7-10-3-5-18-6-4-10/h1-6,8-9,19H,7H2. The summed E-state index contributed by atoms with van der Waals surface area (Å²) in [5.41, 5.74) is 2.56. The molecule has 22 heavy (non-hydrogen) atoms. The molecule has 3 aromatic heterocycles. The molecular weight excluding hydrogens is 283 g/mol. The van der Waals surface area contributed by atoms with Crippen LogP contribution in [0.25, 0.3) is 22.5 Å². The van der Waals surface area contributed by atoms with E-state index in [1.54, 1.807) is 24.5 Å². The molecule has 0 unspecified atom stereocenters. The fraction of sp³-hybridized carbons (Fsp3) is 0.0625. The monoisotopic (exact) mass is 294 g/mol. The number of aromatic amines is 1. The maximum Gasteiger partial charge on any atom is 0.274 e. The van der Waals surface area contributed by atoms with E-state index in [0.717, 1.165) is 16.5 Å². The first-order valence-electron chi connectivity index (χ1n) is 6.78. The minimum atomic E-state index is -0.276. The number of benzene rings is 1. The molecule has 0 aliphatic rings. The van der Waals surface area contributed by atoms with Crippen molar-refractivity contribution in [3.8, 4) is 11.6 Å². The molecule has 0 saturated heterocycles. The molecule has 4 aromatic rings. The van der Waals surface area contributed by atoms with Crippen LogP contribution in [0.4, 0.5) is 4.39 Å². The highest BCUT2D eigenvalue weighted by molar-refractivity contribution is 5.84. The van der Waals surface area contributed by atoms with Gasteiger partial charge in [-0.05, 0) is 42.0 Å². The van der Waals surface area contributed by atoms with Gasteiger partial charge in [0, 0.05) is 29.7 Å². The van der Waals surface area contributed by atoms with Gasteiger partial charge >= 0.3 is 0 Å². The van der Waals surface area contributed by atoms with Gasteiger partial charge in [-0.15, -0.1) is 0 Å². The fourth-order valence-electron chi connectivity index (χ4n) is 2.34. The van der Waals surface area contributed by atoms with Crippen molar-refractivity contribution in [1.29, 1.82) is 0 Å². The van der Waals surface area contributed by atoms with Crippen LogP contribution in [0.1, 0.15) is 11.4 Å². The van der Waals surface area contributed by atoms with Crippen LogP contribution < -0.4 is 0 Å². The Bertz CT molecular complexity index is 930. The van der Waals surface area contributed by atoms with Crippen molar-refractivity contribution < 1.29 is 8.91 Å². The number of nitrogens with one attached hydrogen (secondary N) is 1. The van der Waals surface area contributed by atoms with Gasteiger partial charge in [0.1, 0.15) is 11.5 Å². The molecule has 0 aliphatic heterocycles. The second kappa shape index (κ2) is 5.07. The molecule has 0 aliphatic carbocycles. The van der Waals surface area contributed by atoms with E-state index >= 15 is 0 Å². The molecule has 0 spiro atoms. The van der Waals surface area contributed by atoms with Gasteiger partial charge in [-0.2, -0.15) is 4.98 Å². The van der Waals surface area contributed by atoms with E-state index in [-0.39, 0.29) is 5.82 Å². The highest BCUT2D eigenvalue weighted by Crippen LogP contribution is 2.23. The Hall–Kier alpha value is -3.02. The molecule has 0 atom stereocenters. The van der Waals surface area contributed by atoms with Gasteiger partial charge in [-0.1, -0.05) is 5.16 Å². The number of pyridine rings is 1. The van der Waals surface area contributed by atoms with Crippen LogP contribution in [-0.4, -0.2) is 20.1 Å². The van der Waals surface area contributed by atoms with Gasteiger partial charge in [-0.3, -0.25) is 4.98 Å². The lowest BCUT2D eigenvalue weighted by atomic mass is 10.2. The molecule has 108 valence electrons. The Morgan fingerprint density at radius 2 is 1.95 bits per heavy atom. The lowest BCUT2D eigenvalue weighted by Crippen LogP contribution is -1.90. The summed E-state index contributed by atoms with van der Waals surface area (Å²) < 4.78 is 18.5. The lowest BCUT2D eigenvalue weighted by Gasteiger charge is -1.93. The van der Waals surface area contributed by atoms with Crippen molar-refractivity contribution in [3.63, 3.8) is 0 Å². The maximum atomic E-state index is 13.2. The summed E-state index contributed by atoms with van der Waals surface area (Å²) >= 11 is 0. The number of nitrogens with zero attached hydrogens (tertiary/aromatic N) is 3. The van der Waals surface area contributed by atoms with E-state index in [4.69, 9.17) is 4.52 Å². The fourth-order valence-corrected chi connectivity index (χ4v) is 2.34.